The van der Waals surface area contributed by atoms with E-state index in [1.807, 2.05) is 20.8 Å². The number of nitrogens with zero attached hydrogens (tertiary/aromatic N) is 1. The van der Waals surface area contributed by atoms with Crippen molar-refractivity contribution in [1.29, 1.82) is 0 Å². The summed E-state index contributed by atoms with van der Waals surface area (Å²) in [7, 11) is -2.37. The molecule has 1 aromatic rings. The van der Waals surface area contributed by atoms with Crippen molar-refractivity contribution in [2.45, 2.75) is 38.1 Å². The fraction of sp³-hybridized carbons (Fsp3) is 0.533. The molecule has 1 amide bonds. The van der Waals surface area contributed by atoms with E-state index in [9.17, 15) is 13.2 Å². The van der Waals surface area contributed by atoms with Crippen LogP contribution in [0.2, 0.25) is 5.02 Å². The third-order valence-electron chi connectivity index (χ3n) is 2.95. The van der Waals surface area contributed by atoms with Gasteiger partial charge >= 0.3 is 0 Å². The molecule has 0 aliphatic rings. The molecular weight excluding hydrogens is 340 g/mol. The lowest BCUT2D eigenvalue weighted by Crippen LogP contribution is -2.47. The first-order chi connectivity index (χ1) is 10.5. The van der Waals surface area contributed by atoms with Gasteiger partial charge in [-0.25, -0.2) is 8.42 Å². The van der Waals surface area contributed by atoms with Crippen molar-refractivity contribution in [2.75, 3.05) is 20.2 Å². The average Bonchev–Trinajstić information content (AvgIpc) is 2.42. The Balaban J connectivity index is 3.04. The van der Waals surface area contributed by atoms with Crippen LogP contribution in [0, 0.1) is 0 Å². The number of sulfonamides is 1. The van der Waals surface area contributed by atoms with Gasteiger partial charge in [-0.3, -0.25) is 4.79 Å². The fourth-order valence-corrected chi connectivity index (χ4v) is 3.70. The van der Waals surface area contributed by atoms with Crippen molar-refractivity contribution in [3.8, 4) is 5.75 Å². The molecule has 0 saturated heterocycles. The number of carbonyl (C=O) groups is 1. The molecule has 130 valence electrons. The van der Waals surface area contributed by atoms with E-state index in [2.05, 4.69) is 5.32 Å². The monoisotopic (exact) mass is 362 g/mol. The van der Waals surface area contributed by atoms with E-state index in [0.717, 1.165) is 4.31 Å². The minimum absolute atomic E-state index is 0.0220. The van der Waals surface area contributed by atoms with Crippen molar-refractivity contribution in [1.82, 2.24) is 9.62 Å². The predicted octanol–water partition coefficient (Wildman–Crippen LogP) is 2.27. The van der Waals surface area contributed by atoms with Crippen LogP contribution in [0.4, 0.5) is 0 Å². The SMILES string of the molecule is CCN(CC(=O)NC(C)(C)C)S(=O)(=O)c1ccc(OC)c(Cl)c1. The number of methoxy groups -OCH3 is 1. The summed E-state index contributed by atoms with van der Waals surface area (Å²) < 4.78 is 31.4. The lowest BCUT2D eigenvalue weighted by Gasteiger charge is -2.24. The van der Waals surface area contributed by atoms with E-state index >= 15 is 0 Å². The van der Waals surface area contributed by atoms with Gasteiger partial charge in [-0.05, 0) is 39.0 Å². The number of nitrogens with one attached hydrogen (secondary N) is 1. The summed E-state index contributed by atoms with van der Waals surface area (Å²) in [5.74, 6) is 0.0293. The van der Waals surface area contributed by atoms with E-state index in [-0.39, 0.29) is 28.9 Å². The van der Waals surface area contributed by atoms with Gasteiger partial charge in [0.2, 0.25) is 15.9 Å². The molecule has 0 aliphatic heterocycles. The van der Waals surface area contributed by atoms with E-state index in [1.54, 1.807) is 6.92 Å². The van der Waals surface area contributed by atoms with Gasteiger partial charge in [0, 0.05) is 12.1 Å². The Morgan fingerprint density at radius 3 is 2.39 bits per heavy atom. The lowest BCUT2D eigenvalue weighted by molar-refractivity contribution is -0.122. The molecule has 0 heterocycles. The number of likely N-dealkylation sites (N-methyl/N-ethyl adjacent to an activating group) is 1. The average molecular weight is 363 g/mol. The topological polar surface area (TPSA) is 75.7 Å². The smallest absolute Gasteiger partial charge is 0.243 e. The Labute approximate surface area is 142 Å². The highest BCUT2D eigenvalue weighted by Gasteiger charge is 2.27. The second-order valence-corrected chi connectivity index (χ2v) is 8.37. The zero-order chi connectivity index (χ0) is 17.8. The molecule has 1 N–H and O–H groups in total. The van der Waals surface area contributed by atoms with Crippen molar-refractivity contribution in [3.05, 3.63) is 23.2 Å². The molecule has 23 heavy (non-hydrogen) atoms. The standard InChI is InChI=1S/C15H23ClN2O4S/c1-6-18(10-14(19)17-15(2,3)4)23(20,21)11-7-8-13(22-5)12(16)9-11/h7-9H,6,10H2,1-5H3,(H,17,19). The first-order valence-electron chi connectivity index (χ1n) is 7.16. The summed E-state index contributed by atoms with van der Waals surface area (Å²) >= 11 is 5.99. The highest BCUT2D eigenvalue weighted by Crippen LogP contribution is 2.28. The minimum Gasteiger partial charge on any atom is -0.495 e. The highest BCUT2D eigenvalue weighted by atomic mass is 35.5. The maximum atomic E-state index is 12.7. The molecule has 0 spiro atoms. The van der Waals surface area contributed by atoms with Crippen LogP contribution < -0.4 is 10.1 Å². The number of hydrogen-bond acceptors (Lipinski definition) is 4. The van der Waals surface area contributed by atoms with Crippen molar-refractivity contribution < 1.29 is 17.9 Å². The molecule has 8 heteroatoms. The molecular formula is C15H23ClN2O4S. The Kier molecular flexibility index (Phi) is 6.44. The lowest BCUT2D eigenvalue weighted by atomic mass is 10.1. The van der Waals surface area contributed by atoms with E-state index < -0.39 is 15.6 Å². The van der Waals surface area contributed by atoms with Gasteiger partial charge in [0.25, 0.3) is 0 Å². The Hall–Kier alpha value is -1.31. The molecule has 1 rings (SSSR count). The molecule has 0 bridgehead atoms. The second kappa shape index (κ2) is 7.51. The molecule has 1 aromatic carbocycles. The van der Waals surface area contributed by atoms with Crippen LogP contribution in [0.3, 0.4) is 0 Å². The van der Waals surface area contributed by atoms with Crippen LogP contribution in [-0.4, -0.2) is 44.4 Å². The largest absolute Gasteiger partial charge is 0.495 e. The Morgan fingerprint density at radius 2 is 1.96 bits per heavy atom. The Morgan fingerprint density at radius 1 is 1.35 bits per heavy atom. The van der Waals surface area contributed by atoms with Gasteiger partial charge in [0.15, 0.2) is 0 Å². The normalized spacial score (nSPS) is 12.3. The number of carbonyl (C=O) groups excluding carboxylic acids is 1. The molecule has 0 aromatic heterocycles. The third kappa shape index (κ3) is 5.37. The van der Waals surface area contributed by atoms with Gasteiger partial charge in [0.05, 0.1) is 23.6 Å². The number of halogens is 1. The molecule has 0 saturated carbocycles. The van der Waals surface area contributed by atoms with Crippen LogP contribution in [0.25, 0.3) is 0 Å². The van der Waals surface area contributed by atoms with Crippen LogP contribution in [0.15, 0.2) is 23.1 Å². The molecule has 0 aliphatic carbocycles. The fourth-order valence-electron chi connectivity index (χ4n) is 1.94. The van der Waals surface area contributed by atoms with E-state index in [0.29, 0.717) is 5.75 Å². The molecule has 0 atom stereocenters. The summed E-state index contributed by atoms with van der Waals surface area (Å²) in [6.07, 6.45) is 0. The van der Waals surface area contributed by atoms with Crippen LogP contribution in [0.1, 0.15) is 27.7 Å². The Bertz CT molecular complexity index is 669. The number of benzene rings is 1. The maximum Gasteiger partial charge on any atom is 0.243 e. The summed E-state index contributed by atoms with van der Waals surface area (Å²) in [4.78, 5) is 12.0. The van der Waals surface area contributed by atoms with Crippen LogP contribution in [0.5, 0.6) is 5.75 Å². The van der Waals surface area contributed by atoms with E-state index in [1.165, 1.54) is 25.3 Å². The summed E-state index contributed by atoms with van der Waals surface area (Å²) in [6.45, 7) is 7.09. The zero-order valence-electron chi connectivity index (χ0n) is 14.0. The number of ether oxygens (including phenoxy) is 1. The number of hydrogen-bond donors (Lipinski definition) is 1. The molecule has 0 unspecified atom stereocenters. The van der Waals surface area contributed by atoms with Crippen LogP contribution in [-0.2, 0) is 14.8 Å². The third-order valence-corrected chi connectivity index (χ3v) is 5.16. The number of rotatable bonds is 6. The zero-order valence-corrected chi connectivity index (χ0v) is 15.6. The molecule has 0 radical (unpaired) electrons. The predicted molar refractivity (Wildman–Crippen MR) is 90.3 cm³/mol. The summed E-state index contributed by atoms with van der Waals surface area (Å²) in [5, 5.41) is 2.94. The minimum atomic E-state index is -3.82. The molecule has 6 nitrogen and oxygen atoms in total. The number of amides is 1. The summed E-state index contributed by atoms with van der Waals surface area (Å²) in [5.41, 5.74) is -0.427. The quantitative estimate of drug-likeness (QED) is 0.842. The summed E-state index contributed by atoms with van der Waals surface area (Å²) in [6, 6.07) is 4.21. The van der Waals surface area contributed by atoms with Gasteiger partial charge in [-0.2, -0.15) is 4.31 Å². The highest BCUT2D eigenvalue weighted by molar-refractivity contribution is 7.89. The second-order valence-electron chi connectivity index (χ2n) is 6.03. The van der Waals surface area contributed by atoms with Gasteiger partial charge in [0.1, 0.15) is 5.75 Å². The van der Waals surface area contributed by atoms with Crippen molar-refractivity contribution >= 4 is 27.5 Å². The first kappa shape index (κ1) is 19.7. The van der Waals surface area contributed by atoms with Crippen LogP contribution >= 0.6 is 11.6 Å². The van der Waals surface area contributed by atoms with Gasteiger partial charge < -0.3 is 10.1 Å². The molecule has 0 fully saturated rings. The van der Waals surface area contributed by atoms with E-state index in [4.69, 9.17) is 16.3 Å². The maximum absolute atomic E-state index is 12.7. The first-order valence-corrected chi connectivity index (χ1v) is 8.97. The van der Waals surface area contributed by atoms with Crippen molar-refractivity contribution in [3.63, 3.8) is 0 Å². The van der Waals surface area contributed by atoms with Crippen molar-refractivity contribution in [2.24, 2.45) is 0 Å². The van der Waals surface area contributed by atoms with Gasteiger partial charge in [-0.1, -0.05) is 18.5 Å². The van der Waals surface area contributed by atoms with Gasteiger partial charge in [-0.15, -0.1) is 0 Å².